The second-order valence-electron chi connectivity index (χ2n) is 3.17. The molecule has 2 saturated heterocycles. The largest absolute Gasteiger partial charge is 0.310 e. The van der Waals surface area contributed by atoms with Crippen LogP contribution >= 0.6 is 0 Å². The zero-order chi connectivity index (χ0) is 6.16. The Balaban J connectivity index is 2.04. The molecular weight excluding hydrogens is 112 g/mol. The number of hydrogen-bond acceptors (Lipinski definition) is 1. The van der Waals surface area contributed by atoms with Crippen molar-refractivity contribution in [2.45, 2.75) is 24.8 Å². The molecule has 2 aliphatic rings. The zero-order valence-corrected chi connectivity index (χ0v) is 5.69. The van der Waals surface area contributed by atoms with Crippen LogP contribution in [0.15, 0.2) is 0 Å². The van der Waals surface area contributed by atoms with Crippen LogP contribution in [0.25, 0.3) is 0 Å². The van der Waals surface area contributed by atoms with Gasteiger partial charge in [-0.2, -0.15) is 0 Å². The van der Waals surface area contributed by atoms with Gasteiger partial charge >= 0.3 is 0 Å². The molecule has 0 bridgehead atoms. The van der Waals surface area contributed by atoms with Crippen molar-refractivity contribution in [2.75, 3.05) is 19.6 Å². The van der Waals surface area contributed by atoms with E-state index in [1.807, 2.05) is 0 Å². The maximum atomic E-state index is 4.36. The number of nitrogens with one attached hydrogen (secondary N) is 1. The highest BCUT2D eigenvalue weighted by atomic mass is 15.1. The van der Waals surface area contributed by atoms with Crippen LogP contribution in [0.1, 0.15) is 19.3 Å². The highest BCUT2D eigenvalue weighted by Gasteiger charge is 2.36. The van der Waals surface area contributed by atoms with Gasteiger partial charge in [-0.25, -0.2) is 5.32 Å². The Hall–Kier alpha value is -0.0800. The Labute approximate surface area is 56.0 Å². The molecule has 1 N–H and O–H groups in total. The molecule has 2 nitrogen and oxygen atoms in total. The van der Waals surface area contributed by atoms with Crippen molar-refractivity contribution < 1.29 is 0 Å². The lowest BCUT2D eigenvalue weighted by molar-refractivity contribution is 0.414. The van der Waals surface area contributed by atoms with Gasteiger partial charge in [0.05, 0.1) is 0 Å². The summed E-state index contributed by atoms with van der Waals surface area (Å²) in [7, 11) is 0. The second-order valence-corrected chi connectivity index (χ2v) is 3.17. The monoisotopic (exact) mass is 125 g/mol. The molecular formula is C7H13N2. The summed E-state index contributed by atoms with van der Waals surface area (Å²) in [6, 6.07) is 0. The van der Waals surface area contributed by atoms with Crippen molar-refractivity contribution in [3.8, 4) is 0 Å². The van der Waals surface area contributed by atoms with Crippen molar-refractivity contribution >= 4 is 0 Å². The molecule has 2 heteroatoms. The van der Waals surface area contributed by atoms with Gasteiger partial charge in [0.2, 0.25) is 0 Å². The molecule has 2 fully saturated rings. The molecule has 0 amide bonds. The maximum absolute atomic E-state index is 4.36. The van der Waals surface area contributed by atoms with E-state index in [4.69, 9.17) is 0 Å². The highest BCUT2D eigenvalue weighted by Crippen LogP contribution is 2.25. The molecule has 9 heavy (non-hydrogen) atoms. The smallest absolute Gasteiger partial charge is 0.0336 e. The number of nitrogens with zero attached hydrogens (tertiary/aromatic N) is 1. The Bertz CT molecular complexity index is 82.0. The van der Waals surface area contributed by atoms with Crippen molar-refractivity contribution in [1.29, 1.82) is 0 Å². The van der Waals surface area contributed by atoms with Gasteiger partial charge in [-0.05, 0) is 25.8 Å². The van der Waals surface area contributed by atoms with Gasteiger partial charge in [0, 0.05) is 18.6 Å². The van der Waals surface area contributed by atoms with Crippen LogP contribution in [0, 0.1) is 0 Å². The standard InChI is InChI=1S/C7H13N2/c1-2-7(9-4-1)3-5-8-6-7/h9H,1-6H2. The van der Waals surface area contributed by atoms with E-state index < -0.39 is 0 Å². The first-order valence-electron chi connectivity index (χ1n) is 3.80. The van der Waals surface area contributed by atoms with Crippen molar-refractivity contribution in [2.24, 2.45) is 0 Å². The average Bonchev–Trinajstić information content (AvgIpc) is 2.45. The van der Waals surface area contributed by atoms with Gasteiger partial charge in [0.15, 0.2) is 0 Å². The lowest BCUT2D eigenvalue weighted by Crippen LogP contribution is -2.40. The van der Waals surface area contributed by atoms with Crippen molar-refractivity contribution in [3.63, 3.8) is 0 Å². The molecule has 51 valence electrons. The minimum Gasteiger partial charge on any atom is -0.310 e. The van der Waals surface area contributed by atoms with E-state index in [1.54, 1.807) is 0 Å². The van der Waals surface area contributed by atoms with Crippen LogP contribution in [-0.4, -0.2) is 25.2 Å². The molecule has 2 rings (SSSR count). The van der Waals surface area contributed by atoms with Crippen molar-refractivity contribution in [1.82, 2.24) is 10.6 Å². The summed E-state index contributed by atoms with van der Waals surface area (Å²) in [5.74, 6) is 0. The maximum Gasteiger partial charge on any atom is 0.0336 e. The summed E-state index contributed by atoms with van der Waals surface area (Å²) >= 11 is 0. The van der Waals surface area contributed by atoms with Gasteiger partial charge in [0.25, 0.3) is 0 Å². The minimum atomic E-state index is 0.472. The fourth-order valence-corrected chi connectivity index (χ4v) is 1.88. The van der Waals surface area contributed by atoms with E-state index >= 15 is 0 Å². The lowest BCUT2D eigenvalue weighted by Gasteiger charge is -2.20. The number of rotatable bonds is 0. The topological polar surface area (TPSA) is 26.1 Å². The molecule has 1 radical (unpaired) electrons. The Kier molecular flexibility index (Phi) is 1.24. The Morgan fingerprint density at radius 2 is 2.33 bits per heavy atom. The van der Waals surface area contributed by atoms with Gasteiger partial charge in [0.1, 0.15) is 0 Å². The molecule has 1 unspecified atom stereocenters. The fraction of sp³-hybridized carbons (Fsp3) is 1.00. The summed E-state index contributed by atoms with van der Waals surface area (Å²) in [6.45, 7) is 3.38. The van der Waals surface area contributed by atoms with Gasteiger partial charge in [-0.15, -0.1) is 0 Å². The van der Waals surface area contributed by atoms with Crippen LogP contribution in [0.5, 0.6) is 0 Å². The first-order valence-corrected chi connectivity index (χ1v) is 3.80. The van der Waals surface area contributed by atoms with E-state index in [0.717, 1.165) is 13.1 Å². The summed E-state index contributed by atoms with van der Waals surface area (Å²) in [6.07, 6.45) is 4.00. The molecule has 2 heterocycles. The molecule has 0 aliphatic carbocycles. The van der Waals surface area contributed by atoms with Gasteiger partial charge < -0.3 is 5.32 Å². The quantitative estimate of drug-likeness (QED) is 0.489. The third kappa shape index (κ3) is 0.864. The second kappa shape index (κ2) is 1.96. The molecule has 0 saturated carbocycles. The SMILES string of the molecule is C1CNC2(C1)CC[N]C2. The third-order valence-corrected chi connectivity index (χ3v) is 2.50. The van der Waals surface area contributed by atoms with E-state index in [1.165, 1.54) is 25.8 Å². The molecule has 1 spiro atoms. The van der Waals surface area contributed by atoms with Gasteiger partial charge in [-0.3, -0.25) is 0 Å². The van der Waals surface area contributed by atoms with E-state index in [9.17, 15) is 0 Å². The molecule has 0 aromatic carbocycles. The zero-order valence-electron chi connectivity index (χ0n) is 5.69. The molecule has 2 aliphatic heterocycles. The Morgan fingerprint density at radius 1 is 1.33 bits per heavy atom. The average molecular weight is 125 g/mol. The summed E-state index contributed by atoms with van der Waals surface area (Å²) < 4.78 is 0. The van der Waals surface area contributed by atoms with Crippen molar-refractivity contribution in [3.05, 3.63) is 0 Å². The van der Waals surface area contributed by atoms with Crippen LogP contribution in [-0.2, 0) is 0 Å². The van der Waals surface area contributed by atoms with E-state index in [2.05, 4.69) is 10.6 Å². The van der Waals surface area contributed by atoms with Crippen LogP contribution in [0.4, 0.5) is 0 Å². The highest BCUT2D eigenvalue weighted by molar-refractivity contribution is 4.98. The normalized spacial score (nSPS) is 42.7. The van der Waals surface area contributed by atoms with Crippen LogP contribution < -0.4 is 10.6 Å². The first kappa shape index (κ1) is 5.69. The van der Waals surface area contributed by atoms with E-state index in [-0.39, 0.29) is 0 Å². The lowest BCUT2D eigenvalue weighted by atomic mass is 9.97. The first-order chi connectivity index (χ1) is 4.41. The Morgan fingerprint density at radius 3 is 2.89 bits per heavy atom. The summed E-state index contributed by atoms with van der Waals surface area (Å²) in [5.41, 5.74) is 0.472. The molecule has 0 aromatic heterocycles. The molecule has 0 aromatic rings. The van der Waals surface area contributed by atoms with Crippen LogP contribution in [0.2, 0.25) is 0 Å². The predicted octanol–water partition coefficient (Wildman–Crippen LogP) is 0.117. The molecule has 1 atom stereocenters. The summed E-state index contributed by atoms with van der Waals surface area (Å²) in [4.78, 5) is 0. The van der Waals surface area contributed by atoms with E-state index in [0.29, 0.717) is 5.54 Å². The van der Waals surface area contributed by atoms with Gasteiger partial charge in [-0.1, -0.05) is 0 Å². The summed E-state index contributed by atoms with van der Waals surface area (Å²) in [5, 5.41) is 7.89. The minimum absolute atomic E-state index is 0.472. The third-order valence-electron chi connectivity index (χ3n) is 2.50. The number of hydrogen-bond donors (Lipinski definition) is 1. The predicted molar refractivity (Wildman–Crippen MR) is 36.5 cm³/mol. The fourth-order valence-electron chi connectivity index (χ4n) is 1.88. The van der Waals surface area contributed by atoms with Crippen LogP contribution in [0.3, 0.4) is 0 Å².